The maximum atomic E-state index is 9.37. The summed E-state index contributed by atoms with van der Waals surface area (Å²) in [6.07, 6.45) is 0.775. The van der Waals surface area contributed by atoms with Crippen LogP contribution in [0.4, 0.5) is 11.8 Å². The van der Waals surface area contributed by atoms with Crippen LogP contribution in [0.25, 0.3) is 0 Å². The molecule has 1 aromatic rings. The van der Waals surface area contributed by atoms with Crippen molar-refractivity contribution in [2.75, 3.05) is 31.3 Å². The van der Waals surface area contributed by atoms with Crippen molar-refractivity contribution in [3.05, 3.63) is 11.2 Å². The molecule has 4 N–H and O–H groups in total. The van der Waals surface area contributed by atoms with Crippen molar-refractivity contribution in [3.63, 3.8) is 0 Å². The third-order valence-electron chi connectivity index (χ3n) is 1.63. The van der Waals surface area contributed by atoms with Crippen LogP contribution in [0, 0.1) is 0 Å². The van der Waals surface area contributed by atoms with Crippen molar-refractivity contribution in [2.24, 2.45) is 0 Å². The van der Waals surface area contributed by atoms with E-state index < -0.39 is 6.10 Å². The fourth-order valence-electron chi connectivity index (χ4n) is 0.971. The summed E-state index contributed by atoms with van der Waals surface area (Å²) in [6.45, 7) is 0.523. The standard InChI is InChI=1S/C8H13ClN4O2/c1-15-4-5(14)2-11-7-6(9)3-12-8(10)13-7/h3,5,14H,2,4H2,1H3,(H3,10,11,12,13). The Morgan fingerprint density at radius 3 is 3.13 bits per heavy atom. The van der Waals surface area contributed by atoms with Gasteiger partial charge in [-0.3, -0.25) is 0 Å². The Labute approximate surface area is 92.4 Å². The lowest BCUT2D eigenvalue weighted by Crippen LogP contribution is -2.24. The highest BCUT2D eigenvalue weighted by molar-refractivity contribution is 6.32. The van der Waals surface area contributed by atoms with Crippen molar-refractivity contribution in [2.45, 2.75) is 6.10 Å². The first-order valence-electron chi connectivity index (χ1n) is 4.32. The highest BCUT2D eigenvalue weighted by atomic mass is 35.5. The molecule has 7 heteroatoms. The van der Waals surface area contributed by atoms with E-state index in [1.54, 1.807) is 0 Å². The van der Waals surface area contributed by atoms with Gasteiger partial charge in [0.05, 0.1) is 18.9 Å². The molecule has 1 heterocycles. The maximum Gasteiger partial charge on any atom is 0.222 e. The number of hydrogen-bond donors (Lipinski definition) is 3. The van der Waals surface area contributed by atoms with Crippen molar-refractivity contribution in [1.29, 1.82) is 0 Å². The topological polar surface area (TPSA) is 93.3 Å². The molecule has 0 amide bonds. The van der Waals surface area contributed by atoms with Gasteiger partial charge in [-0.25, -0.2) is 4.98 Å². The molecule has 84 valence electrons. The lowest BCUT2D eigenvalue weighted by atomic mass is 10.4. The summed E-state index contributed by atoms with van der Waals surface area (Å²) in [5.74, 6) is 0.530. The van der Waals surface area contributed by atoms with E-state index in [0.29, 0.717) is 10.8 Å². The number of aliphatic hydroxyl groups excluding tert-OH is 1. The number of halogens is 1. The number of hydrogen-bond acceptors (Lipinski definition) is 6. The molecule has 0 radical (unpaired) electrons. The van der Waals surface area contributed by atoms with Crippen LogP contribution < -0.4 is 11.1 Å². The van der Waals surface area contributed by atoms with Crippen LogP contribution in [0.3, 0.4) is 0 Å². The normalized spacial score (nSPS) is 12.5. The number of ether oxygens (including phenoxy) is 1. The molecule has 0 bridgehead atoms. The summed E-state index contributed by atoms with van der Waals surface area (Å²) in [6, 6.07) is 0. The van der Waals surface area contributed by atoms with Gasteiger partial charge in [0.25, 0.3) is 0 Å². The minimum absolute atomic E-state index is 0.128. The first kappa shape index (κ1) is 12.0. The lowest BCUT2D eigenvalue weighted by molar-refractivity contribution is 0.0727. The molecule has 0 aliphatic rings. The molecule has 1 atom stereocenters. The number of nitrogen functional groups attached to an aromatic ring is 1. The SMILES string of the molecule is COCC(O)CNc1nc(N)ncc1Cl. The number of nitrogens with zero attached hydrogens (tertiary/aromatic N) is 2. The van der Waals surface area contributed by atoms with E-state index in [1.165, 1.54) is 13.3 Å². The van der Waals surface area contributed by atoms with Gasteiger partial charge >= 0.3 is 0 Å². The van der Waals surface area contributed by atoms with Crippen LogP contribution in [0.15, 0.2) is 6.20 Å². The Balaban J connectivity index is 2.53. The molecule has 0 spiro atoms. The van der Waals surface area contributed by atoms with Gasteiger partial charge in [-0.1, -0.05) is 11.6 Å². The molecule has 0 saturated carbocycles. The van der Waals surface area contributed by atoms with Crippen LogP contribution in [0.1, 0.15) is 0 Å². The number of rotatable bonds is 5. The van der Waals surface area contributed by atoms with Gasteiger partial charge < -0.3 is 20.9 Å². The molecular weight excluding hydrogens is 220 g/mol. The minimum atomic E-state index is -0.623. The Hall–Kier alpha value is -1.11. The number of nitrogens with one attached hydrogen (secondary N) is 1. The molecule has 1 unspecified atom stereocenters. The Morgan fingerprint density at radius 1 is 1.73 bits per heavy atom. The molecule has 0 saturated heterocycles. The molecular formula is C8H13ClN4O2. The zero-order valence-electron chi connectivity index (χ0n) is 8.27. The zero-order chi connectivity index (χ0) is 11.3. The first-order chi connectivity index (χ1) is 7.13. The van der Waals surface area contributed by atoms with Gasteiger partial charge in [-0.15, -0.1) is 0 Å². The predicted molar refractivity (Wildman–Crippen MR) is 57.8 cm³/mol. The van der Waals surface area contributed by atoms with Crippen molar-refractivity contribution < 1.29 is 9.84 Å². The van der Waals surface area contributed by atoms with E-state index in [0.717, 1.165) is 0 Å². The summed E-state index contributed by atoms with van der Waals surface area (Å²) < 4.78 is 4.77. The van der Waals surface area contributed by atoms with Gasteiger partial charge in [-0.05, 0) is 0 Å². The van der Waals surface area contributed by atoms with Crippen LogP contribution in [0.5, 0.6) is 0 Å². The van der Waals surface area contributed by atoms with E-state index >= 15 is 0 Å². The minimum Gasteiger partial charge on any atom is -0.389 e. The molecule has 1 aromatic heterocycles. The van der Waals surface area contributed by atoms with E-state index in [9.17, 15) is 5.11 Å². The smallest absolute Gasteiger partial charge is 0.222 e. The molecule has 0 aliphatic carbocycles. The number of anilines is 2. The molecule has 1 rings (SSSR count). The largest absolute Gasteiger partial charge is 0.389 e. The maximum absolute atomic E-state index is 9.37. The van der Waals surface area contributed by atoms with Gasteiger partial charge in [0.1, 0.15) is 5.02 Å². The monoisotopic (exact) mass is 232 g/mol. The lowest BCUT2D eigenvalue weighted by Gasteiger charge is -2.11. The number of aliphatic hydroxyl groups is 1. The molecule has 15 heavy (non-hydrogen) atoms. The van der Waals surface area contributed by atoms with E-state index in [1.807, 2.05) is 0 Å². The zero-order valence-corrected chi connectivity index (χ0v) is 9.03. The quantitative estimate of drug-likeness (QED) is 0.668. The molecule has 6 nitrogen and oxygen atoms in total. The third kappa shape index (κ3) is 3.86. The number of nitrogens with two attached hydrogens (primary N) is 1. The first-order valence-corrected chi connectivity index (χ1v) is 4.70. The summed E-state index contributed by atoms with van der Waals surface area (Å²) >= 11 is 5.80. The second-order valence-corrected chi connectivity index (χ2v) is 3.32. The fraction of sp³-hybridized carbons (Fsp3) is 0.500. The van der Waals surface area contributed by atoms with Gasteiger partial charge in [0.15, 0.2) is 5.82 Å². The Bertz CT molecular complexity index is 324. The number of methoxy groups -OCH3 is 1. The summed E-state index contributed by atoms with van der Waals surface area (Å²) in [5, 5.41) is 12.6. The predicted octanol–water partition coefficient (Wildman–Crippen LogP) is 0.131. The Morgan fingerprint density at radius 2 is 2.47 bits per heavy atom. The van der Waals surface area contributed by atoms with Gasteiger partial charge in [0, 0.05) is 13.7 Å². The van der Waals surface area contributed by atoms with Crippen LogP contribution in [0.2, 0.25) is 5.02 Å². The Kier molecular flexibility index (Phi) is 4.54. The van der Waals surface area contributed by atoms with Crippen molar-refractivity contribution in [1.82, 2.24) is 9.97 Å². The molecule has 0 fully saturated rings. The molecule has 0 aliphatic heterocycles. The van der Waals surface area contributed by atoms with Crippen LogP contribution in [-0.4, -0.2) is 41.4 Å². The summed E-state index contributed by atoms with van der Waals surface area (Å²) in [7, 11) is 1.51. The second-order valence-electron chi connectivity index (χ2n) is 2.91. The van der Waals surface area contributed by atoms with E-state index in [-0.39, 0.29) is 19.1 Å². The second kappa shape index (κ2) is 5.69. The van der Waals surface area contributed by atoms with Gasteiger partial charge in [0.2, 0.25) is 5.95 Å². The van der Waals surface area contributed by atoms with E-state index in [2.05, 4.69) is 15.3 Å². The number of aromatic nitrogens is 2. The third-order valence-corrected chi connectivity index (χ3v) is 1.90. The molecule has 0 aromatic carbocycles. The average molecular weight is 233 g/mol. The van der Waals surface area contributed by atoms with Crippen LogP contribution in [-0.2, 0) is 4.74 Å². The fourth-order valence-corrected chi connectivity index (χ4v) is 1.13. The highest BCUT2D eigenvalue weighted by Gasteiger charge is 2.07. The highest BCUT2D eigenvalue weighted by Crippen LogP contribution is 2.17. The van der Waals surface area contributed by atoms with Crippen LogP contribution >= 0.6 is 11.6 Å². The summed E-state index contributed by atoms with van der Waals surface area (Å²) in [4.78, 5) is 7.59. The van der Waals surface area contributed by atoms with E-state index in [4.69, 9.17) is 22.1 Å². The van der Waals surface area contributed by atoms with Crippen molar-refractivity contribution >= 4 is 23.4 Å². The van der Waals surface area contributed by atoms with Crippen molar-refractivity contribution in [3.8, 4) is 0 Å². The summed E-state index contributed by atoms with van der Waals surface area (Å²) in [5.41, 5.74) is 5.38. The van der Waals surface area contributed by atoms with Gasteiger partial charge in [-0.2, -0.15) is 4.98 Å². The average Bonchev–Trinajstić information content (AvgIpc) is 2.20.